The summed E-state index contributed by atoms with van der Waals surface area (Å²) in [5.41, 5.74) is 2.29. The number of benzene rings is 1. The minimum Gasteiger partial charge on any atom is -0.293 e. The minimum atomic E-state index is -4.32. The van der Waals surface area contributed by atoms with Crippen LogP contribution in [-0.2, 0) is 25.7 Å². The Labute approximate surface area is 172 Å². The lowest BCUT2D eigenvalue weighted by Crippen LogP contribution is -2.30. The van der Waals surface area contributed by atoms with E-state index in [1.807, 2.05) is 18.3 Å². The van der Waals surface area contributed by atoms with Crippen molar-refractivity contribution in [2.45, 2.75) is 45.5 Å². The quantitative estimate of drug-likeness (QED) is 0.529. The van der Waals surface area contributed by atoms with E-state index in [2.05, 4.69) is 23.7 Å². The SMILES string of the molecule is CC(C)c1ncc2c(n1)CCN(Cc1ccc(-c3cccc(C(F)(F)F)c3)s1)C2. The third-order valence-electron chi connectivity index (χ3n) is 5.06. The highest BCUT2D eigenvalue weighted by Gasteiger charge is 2.30. The molecular formula is C22H22F3N3S. The average Bonchev–Trinajstić information content (AvgIpc) is 3.15. The van der Waals surface area contributed by atoms with Gasteiger partial charge in [0.2, 0.25) is 0 Å². The summed E-state index contributed by atoms with van der Waals surface area (Å²) in [7, 11) is 0. The molecule has 0 unspecified atom stereocenters. The summed E-state index contributed by atoms with van der Waals surface area (Å²) in [6.45, 7) is 6.67. The normalized spacial score (nSPS) is 15.0. The van der Waals surface area contributed by atoms with E-state index in [1.165, 1.54) is 12.1 Å². The molecule has 0 radical (unpaired) electrons. The molecular weight excluding hydrogens is 395 g/mol. The lowest BCUT2D eigenvalue weighted by Gasteiger charge is -2.27. The van der Waals surface area contributed by atoms with Gasteiger partial charge in [0.05, 0.1) is 5.56 Å². The zero-order chi connectivity index (χ0) is 20.6. The number of aromatic nitrogens is 2. The number of fused-ring (bicyclic) bond motifs is 1. The maximum atomic E-state index is 13.0. The summed E-state index contributed by atoms with van der Waals surface area (Å²) in [5.74, 6) is 1.21. The predicted octanol–water partition coefficient (Wildman–Crippen LogP) is 5.91. The molecule has 1 aromatic carbocycles. The van der Waals surface area contributed by atoms with E-state index in [4.69, 9.17) is 4.98 Å². The first-order valence-corrected chi connectivity index (χ1v) is 10.4. The second kappa shape index (κ2) is 7.88. The van der Waals surface area contributed by atoms with Crippen molar-refractivity contribution in [3.63, 3.8) is 0 Å². The van der Waals surface area contributed by atoms with E-state index >= 15 is 0 Å². The molecule has 7 heteroatoms. The Morgan fingerprint density at radius 3 is 2.76 bits per heavy atom. The van der Waals surface area contributed by atoms with Crippen LogP contribution in [0.5, 0.6) is 0 Å². The van der Waals surface area contributed by atoms with Gasteiger partial charge in [-0.1, -0.05) is 26.0 Å². The van der Waals surface area contributed by atoms with Crippen LogP contribution in [0.3, 0.4) is 0 Å². The summed E-state index contributed by atoms with van der Waals surface area (Å²) in [6.07, 6.45) is -1.50. The minimum absolute atomic E-state index is 0.318. The summed E-state index contributed by atoms with van der Waals surface area (Å²) in [5, 5.41) is 0. The van der Waals surface area contributed by atoms with Crippen LogP contribution in [0.25, 0.3) is 10.4 Å². The Hall–Kier alpha value is -2.25. The molecule has 0 amide bonds. The zero-order valence-electron chi connectivity index (χ0n) is 16.3. The molecule has 0 spiro atoms. The van der Waals surface area contributed by atoms with Gasteiger partial charge in [-0.2, -0.15) is 13.2 Å². The van der Waals surface area contributed by atoms with Gasteiger partial charge >= 0.3 is 6.18 Å². The fourth-order valence-corrected chi connectivity index (χ4v) is 4.54. The Morgan fingerprint density at radius 2 is 2.00 bits per heavy atom. The summed E-state index contributed by atoms with van der Waals surface area (Å²) >= 11 is 1.55. The average molecular weight is 418 g/mol. The largest absolute Gasteiger partial charge is 0.416 e. The lowest BCUT2D eigenvalue weighted by atomic mass is 10.1. The Bertz CT molecular complexity index is 1010. The number of thiophene rings is 1. The molecule has 4 rings (SSSR count). The van der Waals surface area contributed by atoms with E-state index in [-0.39, 0.29) is 0 Å². The van der Waals surface area contributed by atoms with Crippen molar-refractivity contribution >= 4 is 11.3 Å². The predicted molar refractivity (Wildman–Crippen MR) is 109 cm³/mol. The number of hydrogen-bond donors (Lipinski definition) is 0. The van der Waals surface area contributed by atoms with Crippen LogP contribution in [0.4, 0.5) is 13.2 Å². The molecule has 1 aliphatic rings. The smallest absolute Gasteiger partial charge is 0.293 e. The van der Waals surface area contributed by atoms with Crippen molar-refractivity contribution in [2.75, 3.05) is 6.54 Å². The first-order valence-electron chi connectivity index (χ1n) is 9.63. The maximum absolute atomic E-state index is 13.0. The molecule has 3 heterocycles. The second-order valence-electron chi connectivity index (χ2n) is 7.66. The van der Waals surface area contributed by atoms with Crippen LogP contribution in [0.1, 0.15) is 47.3 Å². The Balaban J connectivity index is 1.46. The summed E-state index contributed by atoms with van der Waals surface area (Å²) in [4.78, 5) is 13.5. The van der Waals surface area contributed by atoms with E-state index in [0.717, 1.165) is 59.0 Å². The number of halogens is 3. The fraction of sp³-hybridized carbons (Fsp3) is 0.364. The van der Waals surface area contributed by atoms with Crippen molar-refractivity contribution in [1.82, 2.24) is 14.9 Å². The zero-order valence-corrected chi connectivity index (χ0v) is 17.1. The number of alkyl halides is 3. The molecule has 0 saturated heterocycles. The van der Waals surface area contributed by atoms with Gasteiger partial charge in [-0.25, -0.2) is 9.97 Å². The molecule has 0 bridgehead atoms. The molecule has 2 aromatic heterocycles. The van der Waals surface area contributed by atoms with Gasteiger partial charge in [-0.15, -0.1) is 11.3 Å². The van der Waals surface area contributed by atoms with Gasteiger partial charge in [-0.05, 0) is 29.8 Å². The van der Waals surface area contributed by atoms with Crippen LogP contribution in [-0.4, -0.2) is 21.4 Å². The topological polar surface area (TPSA) is 29.0 Å². The van der Waals surface area contributed by atoms with Crippen molar-refractivity contribution in [1.29, 1.82) is 0 Å². The van der Waals surface area contributed by atoms with Crippen LogP contribution >= 0.6 is 11.3 Å². The van der Waals surface area contributed by atoms with Gasteiger partial charge in [0, 0.05) is 59.2 Å². The van der Waals surface area contributed by atoms with Crippen LogP contribution in [0, 0.1) is 0 Å². The van der Waals surface area contributed by atoms with Gasteiger partial charge in [0.1, 0.15) is 5.82 Å². The molecule has 0 saturated carbocycles. The van der Waals surface area contributed by atoms with E-state index in [1.54, 1.807) is 17.4 Å². The van der Waals surface area contributed by atoms with Gasteiger partial charge in [0.15, 0.2) is 0 Å². The molecule has 3 nitrogen and oxygen atoms in total. The van der Waals surface area contributed by atoms with E-state index in [0.29, 0.717) is 11.5 Å². The van der Waals surface area contributed by atoms with Gasteiger partial charge < -0.3 is 0 Å². The third kappa shape index (κ3) is 4.51. The number of hydrogen-bond acceptors (Lipinski definition) is 4. The number of rotatable bonds is 4. The molecule has 29 heavy (non-hydrogen) atoms. The van der Waals surface area contributed by atoms with Crippen molar-refractivity contribution in [2.24, 2.45) is 0 Å². The molecule has 3 aromatic rings. The van der Waals surface area contributed by atoms with Crippen molar-refractivity contribution in [3.05, 3.63) is 70.1 Å². The first-order chi connectivity index (χ1) is 13.8. The molecule has 152 valence electrons. The standard InChI is InChI=1S/C22H22F3N3S/c1-14(2)21-26-11-16-12-28(9-8-19(16)27-21)13-18-6-7-20(29-18)15-4-3-5-17(10-15)22(23,24)25/h3-7,10-11,14H,8-9,12-13H2,1-2H3. The van der Waals surface area contributed by atoms with Crippen molar-refractivity contribution < 1.29 is 13.2 Å². The highest BCUT2D eigenvalue weighted by Crippen LogP contribution is 2.35. The molecule has 0 N–H and O–H groups in total. The molecule has 0 atom stereocenters. The first kappa shape index (κ1) is 20.0. The van der Waals surface area contributed by atoms with E-state index in [9.17, 15) is 13.2 Å². The Morgan fingerprint density at radius 1 is 1.17 bits per heavy atom. The third-order valence-corrected chi connectivity index (χ3v) is 6.18. The maximum Gasteiger partial charge on any atom is 0.416 e. The Kier molecular flexibility index (Phi) is 5.44. The van der Waals surface area contributed by atoms with Gasteiger partial charge in [-0.3, -0.25) is 4.90 Å². The lowest BCUT2D eigenvalue weighted by molar-refractivity contribution is -0.137. The van der Waals surface area contributed by atoms with Crippen molar-refractivity contribution in [3.8, 4) is 10.4 Å². The summed E-state index contributed by atoms with van der Waals surface area (Å²) < 4.78 is 38.9. The molecule has 0 aliphatic carbocycles. The molecule has 0 fully saturated rings. The molecule has 1 aliphatic heterocycles. The summed E-state index contributed by atoms with van der Waals surface area (Å²) in [6, 6.07) is 9.43. The van der Waals surface area contributed by atoms with Crippen LogP contribution in [0.15, 0.2) is 42.6 Å². The fourth-order valence-electron chi connectivity index (χ4n) is 3.49. The van der Waals surface area contributed by atoms with Gasteiger partial charge in [0.25, 0.3) is 0 Å². The highest BCUT2D eigenvalue weighted by atomic mass is 32.1. The number of nitrogens with zero attached hydrogens (tertiary/aromatic N) is 3. The monoisotopic (exact) mass is 417 g/mol. The van der Waals surface area contributed by atoms with Crippen LogP contribution in [0.2, 0.25) is 0 Å². The second-order valence-corrected chi connectivity index (χ2v) is 8.83. The van der Waals surface area contributed by atoms with Crippen LogP contribution < -0.4 is 0 Å². The van der Waals surface area contributed by atoms with E-state index < -0.39 is 11.7 Å². The highest BCUT2D eigenvalue weighted by molar-refractivity contribution is 7.15.